The molecule has 1 atom stereocenters. The molecule has 4 rings (SSSR count). The van der Waals surface area contributed by atoms with E-state index in [-0.39, 0.29) is 31.0 Å². The Morgan fingerprint density at radius 1 is 1.41 bits per heavy atom. The summed E-state index contributed by atoms with van der Waals surface area (Å²) in [5.74, 6) is -2.47. The maximum Gasteiger partial charge on any atom is 0.271 e. The molecular formula is C21H20ClF2N9O. The van der Waals surface area contributed by atoms with Gasteiger partial charge in [-0.2, -0.15) is 4.98 Å². The molecule has 0 bridgehead atoms. The molecule has 1 saturated carbocycles. The number of azide groups is 1. The lowest BCUT2D eigenvalue weighted by Crippen LogP contribution is -2.44. The van der Waals surface area contributed by atoms with Gasteiger partial charge in [-0.15, -0.1) is 0 Å². The Bertz CT molecular complexity index is 1250. The standard InChI is InChI=1S/C21H20ClF2N9O/c1-12-8-26-20(29-15-6-21(23,24)7-15)31-18(12)33-10-17(27-11-33)19(34)30-16(9-28-32-25)13-3-2-4-14(22)5-13/h2-5,8,10-11,15-16H,6-7,9H2,1H3,(H,30,34)(H,26,29,31). The first-order valence-electron chi connectivity index (χ1n) is 10.3. The summed E-state index contributed by atoms with van der Waals surface area (Å²) < 4.78 is 27.8. The topological polar surface area (TPSA) is 133 Å². The van der Waals surface area contributed by atoms with Gasteiger partial charge in [-0.1, -0.05) is 28.8 Å². The van der Waals surface area contributed by atoms with Crippen molar-refractivity contribution >= 4 is 23.5 Å². The zero-order valence-corrected chi connectivity index (χ0v) is 18.7. The van der Waals surface area contributed by atoms with Gasteiger partial charge in [0.1, 0.15) is 17.8 Å². The second kappa shape index (κ2) is 9.62. The molecule has 1 amide bonds. The largest absolute Gasteiger partial charge is 0.351 e. The highest BCUT2D eigenvalue weighted by atomic mass is 35.5. The highest BCUT2D eigenvalue weighted by Gasteiger charge is 2.45. The van der Waals surface area contributed by atoms with Crippen molar-refractivity contribution in [3.05, 3.63) is 75.3 Å². The van der Waals surface area contributed by atoms with Gasteiger partial charge in [0.25, 0.3) is 11.8 Å². The van der Waals surface area contributed by atoms with Crippen LogP contribution in [-0.4, -0.2) is 43.9 Å². The van der Waals surface area contributed by atoms with Crippen LogP contribution in [0.1, 0.15) is 40.5 Å². The number of aryl methyl sites for hydroxylation is 1. The van der Waals surface area contributed by atoms with Crippen LogP contribution in [0.2, 0.25) is 5.02 Å². The van der Waals surface area contributed by atoms with Gasteiger partial charge in [0.2, 0.25) is 5.95 Å². The Kier molecular flexibility index (Phi) is 6.62. The minimum atomic E-state index is -2.65. The molecule has 0 aliphatic heterocycles. The molecule has 34 heavy (non-hydrogen) atoms. The molecule has 13 heteroatoms. The average Bonchev–Trinajstić information content (AvgIpc) is 3.27. The first-order chi connectivity index (χ1) is 16.2. The van der Waals surface area contributed by atoms with E-state index in [4.69, 9.17) is 17.1 Å². The van der Waals surface area contributed by atoms with E-state index in [9.17, 15) is 13.6 Å². The zero-order chi connectivity index (χ0) is 24.3. The van der Waals surface area contributed by atoms with E-state index < -0.39 is 23.9 Å². The van der Waals surface area contributed by atoms with E-state index in [1.807, 2.05) is 0 Å². The normalized spacial score (nSPS) is 15.6. The van der Waals surface area contributed by atoms with Crippen LogP contribution >= 0.6 is 11.6 Å². The predicted octanol–water partition coefficient (Wildman–Crippen LogP) is 4.62. The number of rotatable bonds is 8. The molecule has 0 spiro atoms. The summed E-state index contributed by atoms with van der Waals surface area (Å²) in [4.78, 5) is 28.3. The van der Waals surface area contributed by atoms with E-state index in [1.165, 1.54) is 12.5 Å². The third-order valence-corrected chi connectivity index (χ3v) is 5.55. The average molecular weight is 488 g/mol. The van der Waals surface area contributed by atoms with Crippen LogP contribution in [0, 0.1) is 6.92 Å². The lowest BCUT2D eigenvalue weighted by atomic mass is 9.88. The second-order valence-electron chi connectivity index (χ2n) is 7.97. The Morgan fingerprint density at radius 2 is 2.21 bits per heavy atom. The fraction of sp³-hybridized carbons (Fsp3) is 0.333. The van der Waals surface area contributed by atoms with Crippen LogP contribution in [0.15, 0.2) is 48.1 Å². The molecule has 1 aliphatic carbocycles. The molecule has 10 nitrogen and oxygen atoms in total. The maximum atomic E-state index is 13.1. The summed E-state index contributed by atoms with van der Waals surface area (Å²) in [5.41, 5.74) is 10.2. The van der Waals surface area contributed by atoms with Crippen LogP contribution in [0.5, 0.6) is 0 Å². The number of aromatic nitrogens is 4. The summed E-state index contributed by atoms with van der Waals surface area (Å²) >= 11 is 6.05. The first kappa shape index (κ1) is 23.4. The van der Waals surface area contributed by atoms with Gasteiger partial charge in [-0.05, 0) is 30.2 Å². The van der Waals surface area contributed by atoms with Gasteiger partial charge < -0.3 is 10.6 Å². The van der Waals surface area contributed by atoms with Gasteiger partial charge in [0.05, 0.1) is 12.6 Å². The summed E-state index contributed by atoms with van der Waals surface area (Å²) in [7, 11) is 0. The molecule has 1 aromatic carbocycles. The van der Waals surface area contributed by atoms with Crippen molar-refractivity contribution in [2.45, 2.75) is 37.8 Å². The van der Waals surface area contributed by atoms with E-state index in [0.29, 0.717) is 22.0 Å². The number of hydrogen-bond acceptors (Lipinski definition) is 6. The van der Waals surface area contributed by atoms with Crippen LogP contribution in [0.25, 0.3) is 16.3 Å². The maximum absolute atomic E-state index is 13.1. The zero-order valence-electron chi connectivity index (χ0n) is 18.0. The first-order valence-corrected chi connectivity index (χ1v) is 10.7. The van der Waals surface area contributed by atoms with Crippen molar-refractivity contribution in [1.82, 2.24) is 24.8 Å². The predicted molar refractivity (Wildman–Crippen MR) is 121 cm³/mol. The summed E-state index contributed by atoms with van der Waals surface area (Å²) in [6.45, 7) is 1.77. The van der Waals surface area contributed by atoms with Crippen molar-refractivity contribution in [1.29, 1.82) is 0 Å². The molecule has 176 valence electrons. The Hall–Kier alpha value is -3.76. The smallest absolute Gasteiger partial charge is 0.271 e. The molecular weight excluding hydrogens is 468 g/mol. The molecule has 3 aromatic rings. The highest BCUT2D eigenvalue weighted by molar-refractivity contribution is 6.30. The lowest BCUT2D eigenvalue weighted by molar-refractivity contribution is -0.0794. The van der Waals surface area contributed by atoms with Gasteiger partial charge >= 0.3 is 0 Å². The van der Waals surface area contributed by atoms with Crippen LogP contribution < -0.4 is 10.6 Å². The minimum Gasteiger partial charge on any atom is -0.351 e. The summed E-state index contributed by atoms with van der Waals surface area (Å²) in [6.07, 6.45) is 3.95. The number of alkyl halides is 2. The van der Waals surface area contributed by atoms with Gasteiger partial charge in [0.15, 0.2) is 0 Å². The molecule has 2 heterocycles. The van der Waals surface area contributed by atoms with Crippen molar-refractivity contribution in [2.24, 2.45) is 5.11 Å². The highest BCUT2D eigenvalue weighted by Crippen LogP contribution is 2.38. The van der Waals surface area contributed by atoms with Gasteiger partial charge in [-0.3, -0.25) is 9.36 Å². The number of amides is 1. The number of halogens is 3. The molecule has 1 aliphatic rings. The molecule has 2 N–H and O–H groups in total. The summed E-state index contributed by atoms with van der Waals surface area (Å²) in [6, 6.07) is 5.87. The van der Waals surface area contributed by atoms with Crippen LogP contribution in [0.4, 0.5) is 14.7 Å². The third kappa shape index (κ3) is 5.41. The van der Waals surface area contributed by atoms with E-state index in [1.54, 1.807) is 42.0 Å². The number of hydrogen-bond donors (Lipinski definition) is 2. The Balaban J connectivity index is 1.50. The van der Waals surface area contributed by atoms with Gasteiger partial charge in [-0.25, -0.2) is 18.7 Å². The lowest BCUT2D eigenvalue weighted by Gasteiger charge is -2.35. The summed E-state index contributed by atoms with van der Waals surface area (Å²) in [5, 5.41) is 9.75. The van der Waals surface area contributed by atoms with Crippen LogP contribution in [-0.2, 0) is 0 Å². The molecule has 2 aromatic heterocycles. The number of anilines is 1. The van der Waals surface area contributed by atoms with Crippen molar-refractivity contribution in [3.8, 4) is 5.82 Å². The third-order valence-electron chi connectivity index (χ3n) is 5.31. The number of nitrogens with zero attached hydrogens (tertiary/aromatic N) is 7. The van der Waals surface area contributed by atoms with Crippen LogP contribution in [0.3, 0.4) is 0 Å². The SMILES string of the molecule is Cc1cnc(NC2CC(F)(F)C2)nc1-n1cnc(C(=O)NC(CN=[N+]=[N-])c2cccc(Cl)c2)c1. The molecule has 0 radical (unpaired) electrons. The monoisotopic (exact) mass is 487 g/mol. The van der Waals surface area contributed by atoms with Crippen molar-refractivity contribution in [3.63, 3.8) is 0 Å². The fourth-order valence-electron chi connectivity index (χ4n) is 3.57. The van der Waals surface area contributed by atoms with E-state index in [0.717, 1.165) is 0 Å². The number of imidazole rings is 1. The molecule has 0 saturated heterocycles. The molecule has 1 fully saturated rings. The Labute approximate surface area is 198 Å². The second-order valence-corrected chi connectivity index (χ2v) is 8.40. The number of carbonyl (C=O) groups is 1. The van der Waals surface area contributed by atoms with E-state index in [2.05, 4.69) is 35.6 Å². The van der Waals surface area contributed by atoms with Crippen molar-refractivity contribution in [2.75, 3.05) is 11.9 Å². The van der Waals surface area contributed by atoms with Crippen molar-refractivity contribution < 1.29 is 13.6 Å². The Morgan fingerprint density at radius 3 is 2.91 bits per heavy atom. The number of carbonyl (C=O) groups excluding carboxylic acids is 1. The fourth-order valence-corrected chi connectivity index (χ4v) is 3.77. The molecule has 1 unspecified atom stereocenters. The number of nitrogens with one attached hydrogen (secondary N) is 2. The minimum absolute atomic E-state index is 0.0104. The van der Waals surface area contributed by atoms with E-state index >= 15 is 0 Å². The quantitative estimate of drug-likeness (QED) is 0.272. The van der Waals surface area contributed by atoms with Gasteiger partial charge in [0, 0.05) is 46.8 Å². The number of benzene rings is 1.